The predicted octanol–water partition coefficient (Wildman–Crippen LogP) is 3.92. The summed E-state index contributed by atoms with van der Waals surface area (Å²) in [6, 6.07) is 14.0. The first-order valence-corrected chi connectivity index (χ1v) is 6.99. The largest absolute Gasteiger partial charge is 0.454 e. The number of ether oxygens (including phenoxy) is 2. The van der Waals surface area contributed by atoms with Gasteiger partial charge in [-0.1, -0.05) is 41.9 Å². The average molecular weight is 290 g/mol. The van der Waals surface area contributed by atoms with E-state index in [-0.39, 0.29) is 6.04 Å². The number of rotatable bonds is 4. The van der Waals surface area contributed by atoms with Crippen LogP contribution in [0.3, 0.4) is 0 Å². The molecule has 0 fully saturated rings. The third-order valence-electron chi connectivity index (χ3n) is 3.45. The number of hydrogen-bond donors (Lipinski definition) is 1. The first-order valence-electron chi connectivity index (χ1n) is 6.61. The Morgan fingerprint density at radius 1 is 1.15 bits per heavy atom. The molecule has 2 aromatic rings. The van der Waals surface area contributed by atoms with Crippen LogP contribution in [0, 0.1) is 0 Å². The van der Waals surface area contributed by atoms with E-state index in [0.29, 0.717) is 13.3 Å². The number of fused-ring (bicyclic) bond motifs is 1. The third-order valence-corrected chi connectivity index (χ3v) is 3.79. The molecule has 3 nitrogen and oxygen atoms in total. The molecule has 0 unspecified atom stereocenters. The normalized spacial score (nSPS) is 14.3. The van der Waals surface area contributed by atoms with E-state index in [1.54, 1.807) is 0 Å². The molecule has 2 aromatic carbocycles. The molecule has 0 aromatic heterocycles. The van der Waals surface area contributed by atoms with Crippen molar-refractivity contribution in [3.8, 4) is 11.5 Å². The van der Waals surface area contributed by atoms with Crippen LogP contribution in [-0.2, 0) is 6.54 Å². The van der Waals surface area contributed by atoms with Crippen LogP contribution >= 0.6 is 11.6 Å². The molecule has 20 heavy (non-hydrogen) atoms. The molecule has 4 heteroatoms. The first kappa shape index (κ1) is 13.3. The second kappa shape index (κ2) is 5.73. The van der Waals surface area contributed by atoms with Gasteiger partial charge in [-0.25, -0.2) is 0 Å². The van der Waals surface area contributed by atoms with Crippen LogP contribution in [0.15, 0.2) is 42.5 Å². The molecule has 0 amide bonds. The highest BCUT2D eigenvalue weighted by Gasteiger charge is 2.17. The predicted molar refractivity (Wildman–Crippen MR) is 79.3 cm³/mol. The fourth-order valence-electron chi connectivity index (χ4n) is 2.33. The Morgan fingerprint density at radius 2 is 2.00 bits per heavy atom. The summed E-state index contributed by atoms with van der Waals surface area (Å²) < 4.78 is 10.9. The minimum atomic E-state index is 0.168. The van der Waals surface area contributed by atoms with E-state index < -0.39 is 0 Å². The van der Waals surface area contributed by atoms with Crippen LogP contribution in [0.4, 0.5) is 0 Å². The fraction of sp³-hybridized carbons (Fsp3) is 0.250. The summed E-state index contributed by atoms with van der Waals surface area (Å²) in [5.74, 6) is 1.65. The van der Waals surface area contributed by atoms with Crippen LogP contribution in [0.5, 0.6) is 11.5 Å². The Bertz CT molecular complexity index is 615. The molecular weight excluding hydrogens is 274 g/mol. The van der Waals surface area contributed by atoms with Gasteiger partial charge >= 0.3 is 0 Å². The van der Waals surface area contributed by atoms with Crippen LogP contribution in [0.2, 0.25) is 5.02 Å². The standard InChI is InChI=1S/C16H16ClNO2/c1-11(13-6-2-3-7-14(13)17)18-9-12-5-4-8-15-16(12)20-10-19-15/h2-8,11,18H,9-10H2,1H3/t11-/m1/s1. The Morgan fingerprint density at radius 3 is 2.85 bits per heavy atom. The molecule has 0 bridgehead atoms. The van der Waals surface area contributed by atoms with Gasteiger partial charge in [0.2, 0.25) is 6.79 Å². The van der Waals surface area contributed by atoms with Crippen molar-refractivity contribution in [1.82, 2.24) is 5.32 Å². The molecule has 1 aliphatic rings. The van der Waals surface area contributed by atoms with Gasteiger partial charge in [-0.05, 0) is 24.6 Å². The van der Waals surface area contributed by atoms with Gasteiger partial charge in [0, 0.05) is 23.2 Å². The van der Waals surface area contributed by atoms with E-state index in [9.17, 15) is 0 Å². The lowest BCUT2D eigenvalue weighted by molar-refractivity contribution is 0.173. The van der Waals surface area contributed by atoms with Crippen molar-refractivity contribution in [2.75, 3.05) is 6.79 Å². The van der Waals surface area contributed by atoms with Crippen molar-refractivity contribution in [3.05, 3.63) is 58.6 Å². The highest BCUT2D eigenvalue weighted by molar-refractivity contribution is 6.31. The fourth-order valence-corrected chi connectivity index (χ4v) is 2.63. The molecule has 0 aliphatic carbocycles. The van der Waals surface area contributed by atoms with E-state index in [1.807, 2.05) is 42.5 Å². The van der Waals surface area contributed by atoms with E-state index in [0.717, 1.165) is 27.6 Å². The smallest absolute Gasteiger partial charge is 0.231 e. The molecule has 0 radical (unpaired) electrons. The summed E-state index contributed by atoms with van der Waals surface area (Å²) in [7, 11) is 0. The van der Waals surface area contributed by atoms with Gasteiger partial charge in [0.15, 0.2) is 11.5 Å². The van der Waals surface area contributed by atoms with Gasteiger partial charge in [-0.2, -0.15) is 0 Å². The maximum absolute atomic E-state index is 6.21. The summed E-state index contributed by atoms with van der Waals surface area (Å²) in [6.07, 6.45) is 0. The minimum Gasteiger partial charge on any atom is -0.454 e. The summed E-state index contributed by atoms with van der Waals surface area (Å²) in [4.78, 5) is 0. The molecule has 1 atom stereocenters. The van der Waals surface area contributed by atoms with Gasteiger partial charge in [-0.3, -0.25) is 0 Å². The lowest BCUT2D eigenvalue weighted by atomic mass is 10.1. The molecule has 104 valence electrons. The molecule has 0 saturated heterocycles. The van der Waals surface area contributed by atoms with Crippen LogP contribution in [0.25, 0.3) is 0 Å². The van der Waals surface area contributed by atoms with Crippen LogP contribution in [-0.4, -0.2) is 6.79 Å². The zero-order chi connectivity index (χ0) is 13.9. The second-order valence-corrected chi connectivity index (χ2v) is 5.18. The number of para-hydroxylation sites is 1. The highest BCUT2D eigenvalue weighted by atomic mass is 35.5. The monoisotopic (exact) mass is 289 g/mol. The van der Waals surface area contributed by atoms with Crippen molar-refractivity contribution in [2.45, 2.75) is 19.5 Å². The van der Waals surface area contributed by atoms with Gasteiger partial charge in [0.05, 0.1) is 0 Å². The van der Waals surface area contributed by atoms with Crippen LogP contribution in [0.1, 0.15) is 24.1 Å². The van der Waals surface area contributed by atoms with E-state index in [4.69, 9.17) is 21.1 Å². The minimum absolute atomic E-state index is 0.168. The maximum atomic E-state index is 6.21. The molecule has 0 spiro atoms. The number of halogens is 1. The quantitative estimate of drug-likeness (QED) is 0.925. The molecule has 1 aliphatic heterocycles. The number of nitrogens with one attached hydrogen (secondary N) is 1. The molecular formula is C16H16ClNO2. The molecule has 0 saturated carbocycles. The van der Waals surface area contributed by atoms with E-state index in [1.165, 1.54) is 0 Å². The van der Waals surface area contributed by atoms with Crippen molar-refractivity contribution >= 4 is 11.6 Å². The topological polar surface area (TPSA) is 30.5 Å². The molecule has 1 heterocycles. The summed E-state index contributed by atoms with van der Waals surface area (Å²) in [5.41, 5.74) is 2.19. The molecule has 1 N–H and O–H groups in total. The van der Waals surface area contributed by atoms with Crippen molar-refractivity contribution in [3.63, 3.8) is 0 Å². The second-order valence-electron chi connectivity index (χ2n) is 4.78. The zero-order valence-corrected chi connectivity index (χ0v) is 12.0. The lowest BCUT2D eigenvalue weighted by Crippen LogP contribution is -2.18. The Balaban J connectivity index is 1.71. The maximum Gasteiger partial charge on any atom is 0.231 e. The molecule has 3 rings (SSSR count). The Labute approximate surface area is 123 Å². The Hall–Kier alpha value is -1.71. The van der Waals surface area contributed by atoms with E-state index >= 15 is 0 Å². The first-order chi connectivity index (χ1) is 9.75. The number of benzene rings is 2. The summed E-state index contributed by atoms with van der Waals surface area (Å²) >= 11 is 6.21. The summed E-state index contributed by atoms with van der Waals surface area (Å²) in [5, 5.41) is 4.25. The number of hydrogen-bond acceptors (Lipinski definition) is 3. The van der Waals surface area contributed by atoms with Gasteiger partial charge < -0.3 is 14.8 Å². The Kier molecular flexibility index (Phi) is 3.81. The average Bonchev–Trinajstić information content (AvgIpc) is 2.94. The SMILES string of the molecule is C[C@@H](NCc1cccc2c1OCO2)c1ccccc1Cl. The summed E-state index contributed by atoms with van der Waals surface area (Å²) in [6.45, 7) is 3.10. The lowest BCUT2D eigenvalue weighted by Gasteiger charge is -2.16. The highest BCUT2D eigenvalue weighted by Crippen LogP contribution is 2.35. The van der Waals surface area contributed by atoms with Gasteiger partial charge in [0.25, 0.3) is 0 Å². The van der Waals surface area contributed by atoms with Crippen molar-refractivity contribution in [1.29, 1.82) is 0 Å². The third kappa shape index (κ3) is 2.60. The van der Waals surface area contributed by atoms with Crippen LogP contribution < -0.4 is 14.8 Å². The zero-order valence-electron chi connectivity index (χ0n) is 11.2. The van der Waals surface area contributed by atoms with Gasteiger partial charge in [-0.15, -0.1) is 0 Å². The van der Waals surface area contributed by atoms with Crippen molar-refractivity contribution in [2.24, 2.45) is 0 Å². The van der Waals surface area contributed by atoms with Gasteiger partial charge in [0.1, 0.15) is 0 Å². The van der Waals surface area contributed by atoms with E-state index in [2.05, 4.69) is 12.2 Å². The van der Waals surface area contributed by atoms with Crippen molar-refractivity contribution < 1.29 is 9.47 Å².